The van der Waals surface area contributed by atoms with Gasteiger partial charge in [-0.1, -0.05) is 26.0 Å². The van der Waals surface area contributed by atoms with Gasteiger partial charge in [-0.05, 0) is 24.7 Å². The van der Waals surface area contributed by atoms with Gasteiger partial charge in [0.25, 0.3) is 0 Å². The Hall–Kier alpha value is -0.260. The highest BCUT2D eigenvalue weighted by molar-refractivity contribution is 5.07. The Kier molecular flexibility index (Phi) is 1.72. The summed E-state index contributed by atoms with van der Waals surface area (Å²) in [4.78, 5) is 0. The third-order valence-corrected chi connectivity index (χ3v) is 1.91. The lowest BCUT2D eigenvalue weighted by atomic mass is 9.87. The molecule has 0 N–H and O–H groups in total. The van der Waals surface area contributed by atoms with Gasteiger partial charge in [0, 0.05) is 0 Å². The highest BCUT2D eigenvalue weighted by Gasteiger charge is 2.11. The molecule has 0 aromatic heterocycles. The Morgan fingerprint density at radius 3 is 2.75 bits per heavy atom. The maximum absolute atomic E-state index is 2.29. The molecule has 0 saturated carbocycles. The van der Waals surface area contributed by atoms with Gasteiger partial charge in [-0.25, -0.2) is 0 Å². The lowest BCUT2D eigenvalue weighted by molar-refractivity contribution is 0.634. The summed E-state index contributed by atoms with van der Waals surface area (Å²) in [5.41, 5.74) is 0. The summed E-state index contributed by atoms with van der Waals surface area (Å²) >= 11 is 0. The third kappa shape index (κ3) is 1.12. The molecule has 0 aliphatic heterocycles. The van der Waals surface area contributed by atoms with Gasteiger partial charge in [0.05, 0.1) is 0 Å². The summed E-state index contributed by atoms with van der Waals surface area (Å²) in [6.07, 6.45) is 7.13. The fourth-order valence-corrected chi connectivity index (χ4v) is 1.00. The second kappa shape index (κ2) is 2.34. The van der Waals surface area contributed by atoms with E-state index in [0.717, 1.165) is 5.92 Å². The van der Waals surface area contributed by atoms with Crippen LogP contribution in [0.15, 0.2) is 12.2 Å². The molecule has 0 heterocycles. The van der Waals surface area contributed by atoms with E-state index in [4.69, 9.17) is 0 Å². The molecule has 1 radical (unpaired) electrons. The maximum atomic E-state index is 2.29. The zero-order valence-corrected chi connectivity index (χ0v) is 5.65. The third-order valence-electron chi connectivity index (χ3n) is 1.91. The van der Waals surface area contributed by atoms with Crippen LogP contribution in [0.25, 0.3) is 0 Å². The van der Waals surface area contributed by atoms with E-state index in [-0.39, 0.29) is 0 Å². The van der Waals surface area contributed by atoms with Gasteiger partial charge in [-0.15, -0.1) is 0 Å². The molecule has 0 bridgehead atoms. The van der Waals surface area contributed by atoms with E-state index in [9.17, 15) is 0 Å². The molecule has 1 aliphatic rings. The average molecular weight is 109 g/mol. The Morgan fingerprint density at radius 2 is 2.38 bits per heavy atom. The summed E-state index contributed by atoms with van der Waals surface area (Å²) in [6, 6.07) is 0. The first-order valence-electron chi connectivity index (χ1n) is 3.29. The number of hydrogen-bond donors (Lipinski definition) is 0. The van der Waals surface area contributed by atoms with Crippen molar-refractivity contribution in [3.63, 3.8) is 0 Å². The van der Waals surface area contributed by atoms with Gasteiger partial charge in [0.1, 0.15) is 0 Å². The molecule has 1 atom stereocenters. The smallest absolute Gasteiger partial charge is 0.0202 e. The lowest BCUT2D eigenvalue weighted by Crippen LogP contribution is -2.05. The molecule has 0 saturated heterocycles. The normalized spacial score (nSPS) is 31.0. The first-order chi connectivity index (χ1) is 3.80. The molecule has 1 unspecified atom stereocenters. The van der Waals surface area contributed by atoms with Crippen molar-refractivity contribution in [2.45, 2.75) is 26.7 Å². The molecule has 0 fully saturated rings. The largest absolute Gasteiger partial charge is 0.0882 e. The Morgan fingerprint density at radius 1 is 1.62 bits per heavy atom. The molecular weight excluding hydrogens is 96.1 g/mol. The molecule has 0 aromatic rings. The van der Waals surface area contributed by atoms with Crippen LogP contribution in [0.3, 0.4) is 0 Å². The minimum absolute atomic E-state index is 0.740. The van der Waals surface area contributed by atoms with Gasteiger partial charge in [0.15, 0.2) is 0 Å². The van der Waals surface area contributed by atoms with Crippen LogP contribution in [0.2, 0.25) is 0 Å². The van der Waals surface area contributed by atoms with Crippen molar-refractivity contribution >= 4 is 0 Å². The van der Waals surface area contributed by atoms with E-state index in [1.807, 2.05) is 0 Å². The molecule has 0 amide bonds. The van der Waals surface area contributed by atoms with Crippen LogP contribution in [0.5, 0.6) is 0 Å². The van der Waals surface area contributed by atoms with Crippen molar-refractivity contribution in [2.75, 3.05) is 0 Å². The Balaban J connectivity index is 2.47. The second-order valence-electron chi connectivity index (χ2n) is 2.60. The quantitative estimate of drug-likeness (QED) is 0.419. The molecule has 0 heteroatoms. The van der Waals surface area contributed by atoms with E-state index in [1.54, 1.807) is 5.92 Å². The standard InChI is InChI=1S/C8H13/c1-7-5-3-4-6-8(7)2/h3,5,7H,4,6H2,1-2H3. The predicted octanol–water partition coefficient (Wildman–Crippen LogP) is 2.57. The molecule has 8 heavy (non-hydrogen) atoms. The van der Waals surface area contributed by atoms with Crippen LogP contribution in [0.1, 0.15) is 26.7 Å². The second-order valence-corrected chi connectivity index (χ2v) is 2.60. The molecule has 0 nitrogen and oxygen atoms in total. The topological polar surface area (TPSA) is 0 Å². The van der Waals surface area contributed by atoms with Crippen molar-refractivity contribution in [1.82, 2.24) is 0 Å². The van der Waals surface area contributed by atoms with Crippen LogP contribution in [-0.4, -0.2) is 0 Å². The highest BCUT2D eigenvalue weighted by Crippen LogP contribution is 2.24. The molecule has 1 aliphatic carbocycles. The first kappa shape index (κ1) is 5.87. The summed E-state index contributed by atoms with van der Waals surface area (Å²) in [7, 11) is 0. The number of allylic oxidation sites excluding steroid dienone is 2. The van der Waals surface area contributed by atoms with Crippen LogP contribution in [-0.2, 0) is 0 Å². The van der Waals surface area contributed by atoms with E-state index >= 15 is 0 Å². The van der Waals surface area contributed by atoms with E-state index in [1.165, 1.54) is 12.8 Å². The molecule has 45 valence electrons. The molecule has 1 rings (SSSR count). The monoisotopic (exact) mass is 109 g/mol. The van der Waals surface area contributed by atoms with Gasteiger partial charge in [-0.2, -0.15) is 0 Å². The zero-order chi connectivity index (χ0) is 5.98. The Labute approximate surface area is 51.6 Å². The zero-order valence-electron chi connectivity index (χ0n) is 5.65. The summed E-state index contributed by atoms with van der Waals surface area (Å²) in [5, 5.41) is 0. The van der Waals surface area contributed by atoms with Crippen LogP contribution < -0.4 is 0 Å². The SMILES string of the molecule is C[C]1CCC=CC1C. The van der Waals surface area contributed by atoms with Crippen molar-refractivity contribution in [3.05, 3.63) is 18.1 Å². The number of rotatable bonds is 0. The van der Waals surface area contributed by atoms with Crippen LogP contribution >= 0.6 is 0 Å². The Bertz CT molecular complexity index is 92.2. The van der Waals surface area contributed by atoms with Crippen molar-refractivity contribution in [2.24, 2.45) is 5.92 Å². The van der Waals surface area contributed by atoms with Gasteiger partial charge in [0.2, 0.25) is 0 Å². The first-order valence-corrected chi connectivity index (χ1v) is 3.29. The minimum Gasteiger partial charge on any atom is -0.0882 e. The summed E-state index contributed by atoms with van der Waals surface area (Å²) < 4.78 is 0. The lowest BCUT2D eigenvalue weighted by Gasteiger charge is -2.18. The molecule has 0 aromatic carbocycles. The van der Waals surface area contributed by atoms with E-state index in [0.29, 0.717) is 0 Å². The maximum Gasteiger partial charge on any atom is -0.0202 e. The highest BCUT2D eigenvalue weighted by atomic mass is 14.2. The summed E-state index contributed by atoms with van der Waals surface area (Å²) in [6.45, 7) is 4.50. The fourth-order valence-electron chi connectivity index (χ4n) is 1.00. The predicted molar refractivity (Wildman–Crippen MR) is 36.5 cm³/mol. The van der Waals surface area contributed by atoms with Crippen molar-refractivity contribution in [3.8, 4) is 0 Å². The van der Waals surface area contributed by atoms with E-state index < -0.39 is 0 Å². The van der Waals surface area contributed by atoms with Crippen molar-refractivity contribution < 1.29 is 0 Å². The van der Waals surface area contributed by atoms with Gasteiger partial charge in [-0.3, -0.25) is 0 Å². The van der Waals surface area contributed by atoms with Crippen molar-refractivity contribution in [1.29, 1.82) is 0 Å². The van der Waals surface area contributed by atoms with Gasteiger partial charge < -0.3 is 0 Å². The van der Waals surface area contributed by atoms with Gasteiger partial charge >= 0.3 is 0 Å². The average Bonchev–Trinajstić information content (AvgIpc) is 1.77. The fraction of sp³-hybridized carbons (Fsp3) is 0.625. The number of hydrogen-bond acceptors (Lipinski definition) is 0. The van der Waals surface area contributed by atoms with E-state index in [2.05, 4.69) is 26.0 Å². The van der Waals surface area contributed by atoms with Crippen LogP contribution in [0.4, 0.5) is 0 Å². The molecular formula is C8H13. The summed E-state index contributed by atoms with van der Waals surface area (Å²) in [5.74, 6) is 2.37. The van der Waals surface area contributed by atoms with Crippen LogP contribution in [0, 0.1) is 11.8 Å². The molecule has 0 spiro atoms. The minimum atomic E-state index is 0.740.